The minimum atomic E-state index is -0.268. The van der Waals surface area contributed by atoms with Crippen LogP contribution in [-0.4, -0.2) is 43.6 Å². The van der Waals surface area contributed by atoms with Crippen molar-refractivity contribution in [1.29, 1.82) is 0 Å². The van der Waals surface area contributed by atoms with Crippen LogP contribution >= 0.6 is 0 Å². The van der Waals surface area contributed by atoms with E-state index in [1.54, 1.807) is 0 Å². The van der Waals surface area contributed by atoms with Gasteiger partial charge in [0.05, 0.1) is 5.56 Å². The molecule has 3 aromatic carbocycles. The molecular formula is C32H36N2O2. The van der Waals surface area contributed by atoms with Gasteiger partial charge in [0, 0.05) is 19.0 Å². The van der Waals surface area contributed by atoms with Crippen molar-refractivity contribution in [3.8, 4) is 0 Å². The monoisotopic (exact) mass is 480 g/mol. The number of fused-ring (bicyclic) bond motifs is 1. The van der Waals surface area contributed by atoms with Gasteiger partial charge in [-0.2, -0.15) is 0 Å². The highest BCUT2D eigenvalue weighted by molar-refractivity contribution is 6.04. The van der Waals surface area contributed by atoms with Crippen LogP contribution in [0, 0.1) is 5.92 Å². The van der Waals surface area contributed by atoms with E-state index in [4.69, 9.17) is 4.74 Å². The molecular weight excluding hydrogens is 444 g/mol. The Morgan fingerprint density at radius 1 is 1.00 bits per heavy atom. The van der Waals surface area contributed by atoms with E-state index in [1.807, 2.05) is 67.7 Å². The number of allylic oxidation sites excluding steroid dienone is 2. The molecule has 1 fully saturated rings. The molecule has 1 aliphatic carbocycles. The Balaban J connectivity index is 1.23. The van der Waals surface area contributed by atoms with Gasteiger partial charge in [0.15, 0.2) is 0 Å². The van der Waals surface area contributed by atoms with Crippen LogP contribution in [0.5, 0.6) is 0 Å². The first-order valence-electron chi connectivity index (χ1n) is 13.2. The lowest BCUT2D eigenvalue weighted by molar-refractivity contribution is 0.0245. The van der Waals surface area contributed by atoms with Crippen LogP contribution in [0.15, 0.2) is 96.6 Å². The smallest absolute Gasteiger partial charge is 0.339 e. The van der Waals surface area contributed by atoms with Gasteiger partial charge in [0.2, 0.25) is 0 Å². The van der Waals surface area contributed by atoms with Gasteiger partial charge in [0.25, 0.3) is 0 Å². The first-order chi connectivity index (χ1) is 17.7. The lowest BCUT2D eigenvalue weighted by atomic mass is 9.85. The minimum absolute atomic E-state index is 0.255. The molecule has 0 bridgehead atoms. The number of nitrogens with one attached hydrogen (secondary N) is 1. The third kappa shape index (κ3) is 5.77. The van der Waals surface area contributed by atoms with E-state index in [9.17, 15) is 4.79 Å². The lowest BCUT2D eigenvalue weighted by Crippen LogP contribution is -2.36. The molecule has 4 nitrogen and oxygen atoms in total. The molecule has 0 aromatic heterocycles. The number of ether oxygens (including phenoxy) is 1. The van der Waals surface area contributed by atoms with Crippen molar-refractivity contribution in [2.75, 3.05) is 26.7 Å². The van der Waals surface area contributed by atoms with Gasteiger partial charge < -0.3 is 15.0 Å². The van der Waals surface area contributed by atoms with Gasteiger partial charge in [-0.25, -0.2) is 4.79 Å². The van der Waals surface area contributed by atoms with Gasteiger partial charge in [0.1, 0.15) is 6.10 Å². The van der Waals surface area contributed by atoms with Crippen LogP contribution in [-0.2, 0) is 4.74 Å². The molecule has 1 aliphatic heterocycles. The first kappa shape index (κ1) is 24.5. The molecule has 0 saturated carbocycles. The van der Waals surface area contributed by atoms with E-state index in [1.165, 1.54) is 18.4 Å². The summed E-state index contributed by atoms with van der Waals surface area (Å²) in [5.41, 5.74) is 3.17. The number of carbonyl (C=O) groups is 1. The summed E-state index contributed by atoms with van der Waals surface area (Å²) >= 11 is 0. The number of nitrogens with zero attached hydrogens (tertiary/aromatic N) is 1. The predicted molar refractivity (Wildman–Crippen MR) is 147 cm³/mol. The van der Waals surface area contributed by atoms with Crippen molar-refractivity contribution in [3.63, 3.8) is 0 Å². The van der Waals surface area contributed by atoms with Crippen LogP contribution in [0.4, 0.5) is 0 Å². The Hall–Kier alpha value is -3.21. The Kier molecular flexibility index (Phi) is 7.95. The van der Waals surface area contributed by atoms with E-state index >= 15 is 0 Å². The summed E-state index contributed by atoms with van der Waals surface area (Å²) in [5.74, 6) is 0.386. The van der Waals surface area contributed by atoms with E-state index < -0.39 is 0 Å². The molecule has 186 valence electrons. The molecule has 0 amide bonds. The van der Waals surface area contributed by atoms with Crippen LogP contribution in [0.25, 0.3) is 10.8 Å². The standard InChI is InChI=1S/C32H36N2O2/c1-33-28-14-7-13-27(23-28)24-17-20-34(21-18-24)22-19-31(26-10-3-2-4-11-26)36-32(35)30-16-8-12-25-9-5-6-15-29(25)30/h2-13,15-16,23-24,28,31,33H,14,17-22H2,1H3. The minimum Gasteiger partial charge on any atom is -0.454 e. The number of likely N-dealkylation sites (N-methyl/N-ethyl adjacent to an activating group) is 1. The highest BCUT2D eigenvalue weighted by atomic mass is 16.5. The molecule has 1 saturated heterocycles. The maximum Gasteiger partial charge on any atom is 0.339 e. The molecule has 4 heteroatoms. The molecule has 1 N–H and O–H groups in total. The molecule has 0 spiro atoms. The van der Waals surface area contributed by atoms with E-state index in [2.05, 4.69) is 40.6 Å². The number of esters is 1. The third-order valence-corrected chi connectivity index (χ3v) is 7.66. The van der Waals surface area contributed by atoms with E-state index in [0.717, 1.165) is 48.8 Å². The van der Waals surface area contributed by atoms with E-state index in [0.29, 0.717) is 17.5 Å². The molecule has 0 radical (unpaired) electrons. The Morgan fingerprint density at radius 3 is 2.56 bits per heavy atom. The Bertz CT molecular complexity index is 1220. The second-order valence-electron chi connectivity index (χ2n) is 9.94. The summed E-state index contributed by atoms with van der Waals surface area (Å²) in [6, 6.07) is 24.4. The largest absolute Gasteiger partial charge is 0.454 e. The number of rotatable bonds is 8. The second kappa shape index (κ2) is 11.7. The van der Waals surface area contributed by atoms with Gasteiger partial charge in [-0.15, -0.1) is 0 Å². The summed E-state index contributed by atoms with van der Waals surface area (Å²) in [6.07, 6.45) is 11.0. The summed E-state index contributed by atoms with van der Waals surface area (Å²) < 4.78 is 6.17. The molecule has 2 aliphatic rings. The third-order valence-electron chi connectivity index (χ3n) is 7.66. The maximum absolute atomic E-state index is 13.3. The quantitative estimate of drug-likeness (QED) is 0.384. The second-order valence-corrected chi connectivity index (χ2v) is 9.94. The van der Waals surface area contributed by atoms with Gasteiger partial charge in [-0.05, 0) is 73.3 Å². The summed E-state index contributed by atoms with van der Waals surface area (Å²) in [5, 5.41) is 5.37. The molecule has 1 heterocycles. The van der Waals surface area contributed by atoms with E-state index in [-0.39, 0.29) is 12.1 Å². The van der Waals surface area contributed by atoms with Crippen LogP contribution in [0.3, 0.4) is 0 Å². The average Bonchev–Trinajstić information content (AvgIpc) is 2.95. The zero-order chi connectivity index (χ0) is 24.7. The number of hydrogen-bond acceptors (Lipinski definition) is 4. The van der Waals surface area contributed by atoms with Crippen molar-refractivity contribution in [1.82, 2.24) is 10.2 Å². The topological polar surface area (TPSA) is 41.6 Å². The fraction of sp³-hybridized carbons (Fsp3) is 0.344. The van der Waals surface area contributed by atoms with Crippen molar-refractivity contribution >= 4 is 16.7 Å². The molecule has 36 heavy (non-hydrogen) atoms. The van der Waals surface area contributed by atoms with Crippen LogP contribution in [0.2, 0.25) is 0 Å². The zero-order valence-corrected chi connectivity index (χ0v) is 21.1. The molecule has 2 atom stereocenters. The predicted octanol–water partition coefficient (Wildman–Crippen LogP) is 6.31. The Morgan fingerprint density at radius 2 is 1.75 bits per heavy atom. The first-order valence-corrected chi connectivity index (χ1v) is 13.2. The van der Waals surface area contributed by atoms with Crippen molar-refractivity contribution in [2.24, 2.45) is 5.92 Å². The van der Waals surface area contributed by atoms with Gasteiger partial charge in [-0.1, -0.05) is 85.0 Å². The normalized spacial score (nSPS) is 19.7. The number of likely N-dealkylation sites (tertiary alicyclic amines) is 1. The molecule has 2 unspecified atom stereocenters. The highest BCUT2D eigenvalue weighted by Gasteiger charge is 2.25. The maximum atomic E-state index is 13.3. The number of benzene rings is 3. The Labute approximate surface area is 214 Å². The van der Waals surface area contributed by atoms with Crippen LogP contribution in [0.1, 0.15) is 47.7 Å². The summed E-state index contributed by atoms with van der Waals surface area (Å²) in [4.78, 5) is 15.8. The average molecular weight is 481 g/mol. The number of piperidine rings is 1. The van der Waals surface area contributed by atoms with Crippen molar-refractivity contribution in [2.45, 2.75) is 37.8 Å². The molecule has 3 aromatic rings. The summed E-state index contributed by atoms with van der Waals surface area (Å²) in [6.45, 7) is 3.08. The molecule has 5 rings (SSSR count). The SMILES string of the molecule is CNC1C=C(C2CCN(CCC(OC(=O)c3cccc4ccccc34)c3ccccc3)CC2)C=CC1. The van der Waals surface area contributed by atoms with Gasteiger partial charge in [-0.3, -0.25) is 0 Å². The van der Waals surface area contributed by atoms with Crippen molar-refractivity contribution in [3.05, 3.63) is 108 Å². The van der Waals surface area contributed by atoms with Crippen molar-refractivity contribution < 1.29 is 9.53 Å². The number of hydrogen-bond donors (Lipinski definition) is 1. The summed E-state index contributed by atoms with van der Waals surface area (Å²) in [7, 11) is 2.04. The highest BCUT2D eigenvalue weighted by Crippen LogP contribution is 2.30. The number of carbonyl (C=O) groups excluding carboxylic acids is 1. The van der Waals surface area contributed by atoms with Gasteiger partial charge >= 0.3 is 5.97 Å². The van der Waals surface area contributed by atoms with Crippen LogP contribution < -0.4 is 5.32 Å². The lowest BCUT2D eigenvalue weighted by Gasteiger charge is -2.34. The zero-order valence-electron chi connectivity index (χ0n) is 21.1. The fourth-order valence-electron chi connectivity index (χ4n) is 5.53. The fourth-order valence-corrected chi connectivity index (χ4v) is 5.53.